The molecule has 0 aromatic heterocycles. The van der Waals surface area contributed by atoms with E-state index in [-0.39, 0.29) is 11.1 Å². The molecule has 2 aromatic carbocycles. The third-order valence-electron chi connectivity index (χ3n) is 3.90. The summed E-state index contributed by atoms with van der Waals surface area (Å²) in [5.74, 6) is 0. The Hall–Kier alpha value is -1.64. The molecule has 0 saturated carbocycles. The van der Waals surface area contributed by atoms with Crippen molar-refractivity contribution < 1.29 is 0 Å². The monoisotopic (exact) mass is 384 g/mol. The van der Waals surface area contributed by atoms with Gasteiger partial charge in [0, 0.05) is 23.2 Å². The summed E-state index contributed by atoms with van der Waals surface area (Å²) in [5, 5.41) is 7.07. The molecule has 0 aliphatic heterocycles. The van der Waals surface area contributed by atoms with Gasteiger partial charge in [0.15, 0.2) is 0 Å². The highest BCUT2D eigenvalue weighted by Crippen LogP contribution is 2.16. The van der Waals surface area contributed by atoms with Crippen LogP contribution in [0.5, 0.6) is 0 Å². The molecule has 0 bridgehead atoms. The second kappa shape index (κ2) is 12.7. The Kier molecular flexibility index (Phi) is 12.0. The molecule has 2 heteroatoms. The molecule has 0 radical (unpaired) electrons. The van der Waals surface area contributed by atoms with Crippen LogP contribution < -0.4 is 10.6 Å². The smallest absolute Gasteiger partial charge is 0.0296 e. The molecule has 158 valence electrons. The van der Waals surface area contributed by atoms with Gasteiger partial charge in [0.05, 0.1) is 0 Å². The van der Waals surface area contributed by atoms with E-state index in [0.29, 0.717) is 12.1 Å². The number of benzene rings is 2. The summed E-state index contributed by atoms with van der Waals surface area (Å²) in [6.45, 7) is 21.5. The van der Waals surface area contributed by atoms with E-state index in [1.165, 1.54) is 11.1 Å². The summed E-state index contributed by atoms with van der Waals surface area (Å²) in [6.07, 6.45) is 0. The van der Waals surface area contributed by atoms with Crippen molar-refractivity contribution in [2.75, 3.05) is 0 Å². The molecular weight excluding hydrogens is 340 g/mol. The van der Waals surface area contributed by atoms with Gasteiger partial charge in [0.1, 0.15) is 0 Å². The van der Waals surface area contributed by atoms with Gasteiger partial charge < -0.3 is 10.6 Å². The van der Waals surface area contributed by atoms with Crippen molar-refractivity contribution in [1.29, 1.82) is 0 Å². The van der Waals surface area contributed by atoms with Crippen LogP contribution in [0, 0.1) is 0 Å². The fourth-order valence-electron chi connectivity index (χ4n) is 2.95. The molecule has 0 unspecified atom stereocenters. The quantitative estimate of drug-likeness (QED) is 0.578. The zero-order chi connectivity index (χ0) is 21.8. The van der Waals surface area contributed by atoms with Crippen molar-refractivity contribution in [2.45, 2.75) is 92.4 Å². The molecule has 0 saturated heterocycles. The Morgan fingerprint density at radius 1 is 0.536 bits per heavy atom. The molecule has 0 spiro atoms. The molecular formula is C26H44N2. The van der Waals surface area contributed by atoms with E-state index in [2.05, 4.69) is 115 Å². The van der Waals surface area contributed by atoms with Gasteiger partial charge in [-0.2, -0.15) is 0 Å². The van der Waals surface area contributed by atoms with Crippen LogP contribution in [0.4, 0.5) is 0 Å². The zero-order valence-electron chi connectivity index (χ0n) is 19.9. The molecule has 2 aromatic rings. The molecule has 2 atom stereocenters. The van der Waals surface area contributed by atoms with E-state index >= 15 is 0 Å². The summed E-state index contributed by atoms with van der Waals surface area (Å²) >= 11 is 0. The Morgan fingerprint density at radius 2 is 0.786 bits per heavy atom. The molecule has 2 nitrogen and oxygen atoms in total. The second-order valence-electron chi connectivity index (χ2n) is 9.05. The SMILES string of the molecule is CC.C[C@H](NC(C)(C)C)c1ccccc1.C[C@H](NC(C)(C)C)c1ccccc1. The highest BCUT2D eigenvalue weighted by molar-refractivity contribution is 5.19. The summed E-state index contributed by atoms with van der Waals surface area (Å²) in [7, 11) is 0. The maximum Gasteiger partial charge on any atom is 0.0296 e. The standard InChI is InChI=1S/2C12H19N.C2H6/c2*1-10(13-12(2,3)4)11-8-6-5-7-9-11;1-2/h2*5-10,13H,1-4H3;1-2H3/t2*10-;/m00./s1. The van der Waals surface area contributed by atoms with Crippen LogP contribution in [0.2, 0.25) is 0 Å². The molecule has 0 heterocycles. The lowest BCUT2D eigenvalue weighted by molar-refractivity contribution is 0.378. The lowest BCUT2D eigenvalue weighted by atomic mass is 10.0. The molecule has 2 N–H and O–H groups in total. The average molecular weight is 385 g/mol. The molecule has 0 aliphatic rings. The largest absolute Gasteiger partial charge is 0.306 e. The summed E-state index contributed by atoms with van der Waals surface area (Å²) in [6, 6.07) is 21.9. The fourth-order valence-corrected chi connectivity index (χ4v) is 2.95. The fraction of sp³-hybridized carbons (Fsp3) is 0.538. The minimum atomic E-state index is 0.176. The number of hydrogen-bond acceptors (Lipinski definition) is 2. The first-order chi connectivity index (χ1) is 13.0. The van der Waals surface area contributed by atoms with Crippen LogP contribution in [0.25, 0.3) is 0 Å². The predicted molar refractivity (Wildman–Crippen MR) is 127 cm³/mol. The lowest BCUT2D eigenvalue weighted by Crippen LogP contribution is -2.37. The Labute approximate surface area is 175 Å². The van der Waals surface area contributed by atoms with Crippen LogP contribution in [-0.2, 0) is 0 Å². The van der Waals surface area contributed by atoms with E-state index in [1.807, 2.05) is 26.0 Å². The van der Waals surface area contributed by atoms with Crippen LogP contribution in [0.3, 0.4) is 0 Å². The average Bonchev–Trinajstić information content (AvgIpc) is 2.63. The van der Waals surface area contributed by atoms with Crippen LogP contribution in [0.15, 0.2) is 60.7 Å². The normalized spacial score (nSPS) is 13.4. The van der Waals surface area contributed by atoms with E-state index in [4.69, 9.17) is 0 Å². The van der Waals surface area contributed by atoms with Gasteiger partial charge in [0.2, 0.25) is 0 Å². The first kappa shape index (κ1) is 26.4. The Morgan fingerprint density at radius 3 is 1.00 bits per heavy atom. The van der Waals surface area contributed by atoms with E-state index in [0.717, 1.165) is 0 Å². The topological polar surface area (TPSA) is 24.1 Å². The van der Waals surface area contributed by atoms with Gasteiger partial charge >= 0.3 is 0 Å². The van der Waals surface area contributed by atoms with Gasteiger partial charge in [-0.1, -0.05) is 74.5 Å². The van der Waals surface area contributed by atoms with Crippen molar-refractivity contribution in [1.82, 2.24) is 10.6 Å². The zero-order valence-corrected chi connectivity index (χ0v) is 19.9. The third-order valence-corrected chi connectivity index (χ3v) is 3.90. The first-order valence-corrected chi connectivity index (χ1v) is 10.6. The van der Waals surface area contributed by atoms with E-state index in [9.17, 15) is 0 Å². The molecule has 0 amide bonds. The summed E-state index contributed by atoms with van der Waals surface area (Å²) < 4.78 is 0. The van der Waals surface area contributed by atoms with Gasteiger partial charge in [-0.3, -0.25) is 0 Å². The highest BCUT2D eigenvalue weighted by Gasteiger charge is 2.14. The highest BCUT2D eigenvalue weighted by atomic mass is 15.0. The van der Waals surface area contributed by atoms with Crippen molar-refractivity contribution in [3.63, 3.8) is 0 Å². The maximum atomic E-state index is 3.54. The van der Waals surface area contributed by atoms with Crippen LogP contribution in [-0.4, -0.2) is 11.1 Å². The van der Waals surface area contributed by atoms with Crippen molar-refractivity contribution in [3.8, 4) is 0 Å². The molecule has 2 rings (SSSR count). The van der Waals surface area contributed by atoms with Gasteiger partial charge in [-0.05, 0) is 66.5 Å². The molecule has 0 fully saturated rings. The van der Waals surface area contributed by atoms with Crippen molar-refractivity contribution in [2.24, 2.45) is 0 Å². The van der Waals surface area contributed by atoms with Gasteiger partial charge in [-0.15, -0.1) is 0 Å². The van der Waals surface area contributed by atoms with Crippen LogP contribution >= 0.6 is 0 Å². The Bertz CT molecular complexity index is 549. The third kappa shape index (κ3) is 12.7. The number of hydrogen-bond donors (Lipinski definition) is 2. The maximum absolute atomic E-state index is 3.54. The van der Waals surface area contributed by atoms with Crippen molar-refractivity contribution >= 4 is 0 Å². The van der Waals surface area contributed by atoms with Crippen LogP contribution in [0.1, 0.15) is 92.4 Å². The Balaban J connectivity index is 0.000000478. The summed E-state index contributed by atoms with van der Waals surface area (Å²) in [4.78, 5) is 0. The number of rotatable bonds is 4. The van der Waals surface area contributed by atoms with E-state index < -0.39 is 0 Å². The minimum absolute atomic E-state index is 0.176. The first-order valence-electron chi connectivity index (χ1n) is 10.6. The lowest BCUT2D eigenvalue weighted by Gasteiger charge is -2.26. The predicted octanol–water partition coefficient (Wildman–Crippen LogP) is 7.30. The van der Waals surface area contributed by atoms with Gasteiger partial charge in [-0.25, -0.2) is 0 Å². The number of nitrogens with one attached hydrogen (secondary N) is 2. The van der Waals surface area contributed by atoms with Crippen molar-refractivity contribution in [3.05, 3.63) is 71.8 Å². The molecule has 0 aliphatic carbocycles. The second-order valence-corrected chi connectivity index (χ2v) is 9.05. The summed E-state index contributed by atoms with van der Waals surface area (Å²) in [5.41, 5.74) is 3.04. The molecule has 28 heavy (non-hydrogen) atoms. The van der Waals surface area contributed by atoms with Gasteiger partial charge in [0.25, 0.3) is 0 Å². The van der Waals surface area contributed by atoms with E-state index in [1.54, 1.807) is 0 Å². The minimum Gasteiger partial charge on any atom is -0.306 e.